The van der Waals surface area contributed by atoms with Gasteiger partial charge in [0, 0.05) is 19.5 Å². The van der Waals surface area contributed by atoms with Crippen molar-refractivity contribution in [1.29, 1.82) is 0 Å². The number of nitrogens with one attached hydrogen (secondary N) is 1. The molecule has 3 rings (SSSR count). The number of methoxy groups -OCH3 is 1. The molecule has 2 N–H and O–H groups in total. The number of amides is 1. The Balaban J connectivity index is 1.85. The van der Waals surface area contributed by atoms with Gasteiger partial charge in [0.05, 0.1) is 37.4 Å². The lowest BCUT2D eigenvalue weighted by Gasteiger charge is -2.32. The van der Waals surface area contributed by atoms with Gasteiger partial charge in [-0.1, -0.05) is 37.3 Å². The van der Waals surface area contributed by atoms with Gasteiger partial charge in [-0.3, -0.25) is 0 Å². The largest absolute Gasteiger partial charge is 0.497 e. The number of carbonyl (C=O) groups excluding carboxylic acids is 1. The highest BCUT2D eigenvalue weighted by Crippen LogP contribution is 2.28. The molecule has 1 aliphatic heterocycles. The number of alkyl carbamates (subject to hydrolysis) is 1. The molecule has 234 valence electrons. The summed E-state index contributed by atoms with van der Waals surface area (Å²) < 4.78 is 51.2. The molecule has 42 heavy (non-hydrogen) atoms. The summed E-state index contributed by atoms with van der Waals surface area (Å²) in [6.07, 6.45) is -0.406. The minimum absolute atomic E-state index is 0.0804. The third-order valence-electron chi connectivity index (χ3n) is 7.06. The Morgan fingerprint density at radius 2 is 1.69 bits per heavy atom. The zero-order chi connectivity index (χ0) is 31.0. The lowest BCUT2D eigenvalue weighted by atomic mass is 10.00. The number of hydrogen-bond acceptors (Lipinski definition) is 8. The second kappa shape index (κ2) is 14.7. The molecular weight excluding hydrogens is 560 g/mol. The third-order valence-corrected chi connectivity index (χ3v) is 8.90. The van der Waals surface area contributed by atoms with E-state index in [4.69, 9.17) is 18.9 Å². The van der Waals surface area contributed by atoms with Crippen LogP contribution in [0.3, 0.4) is 0 Å². The molecule has 11 heteroatoms. The number of aliphatic hydroxyl groups excluding tert-OH is 1. The molecular formula is C31H46N2O8S. The van der Waals surface area contributed by atoms with Crippen molar-refractivity contribution in [3.05, 3.63) is 60.2 Å². The summed E-state index contributed by atoms with van der Waals surface area (Å²) in [7, 11) is -2.51. The number of hydrogen-bond donors (Lipinski definition) is 2. The van der Waals surface area contributed by atoms with E-state index in [-0.39, 0.29) is 30.3 Å². The zero-order valence-electron chi connectivity index (χ0n) is 25.5. The van der Waals surface area contributed by atoms with Crippen molar-refractivity contribution in [3.8, 4) is 5.75 Å². The average Bonchev–Trinajstić information content (AvgIpc) is 3.37. The van der Waals surface area contributed by atoms with Gasteiger partial charge in [0.1, 0.15) is 11.4 Å². The maximum absolute atomic E-state index is 13.9. The molecule has 2 aromatic carbocycles. The van der Waals surface area contributed by atoms with E-state index in [1.54, 1.807) is 32.9 Å². The molecule has 0 saturated carbocycles. The predicted octanol–water partition coefficient (Wildman–Crippen LogP) is 4.36. The Morgan fingerprint density at radius 3 is 2.26 bits per heavy atom. The molecule has 10 nitrogen and oxygen atoms in total. The Morgan fingerprint density at radius 1 is 1.07 bits per heavy atom. The van der Waals surface area contributed by atoms with Gasteiger partial charge in [0.15, 0.2) is 5.79 Å². The van der Waals surface area contributed by atoms with E-state index in [0.717, 1.165) is 5.56 Å². The van der Waals surface area contributed by atoms with Crippen LogP contribution in [0.2, 0.25) is 0 Å². The minimum Gasteiger partial charge on any atom is -0.497 e. The van der Waals surface area contributed by atoms with Crippen LogP contribution in [0.4, 0.5) is 4.79 Å². The first-order valence-corrected chi connectivity index (χ1v) is 15.8. The van der Waals surface area contributed by atoms with E-state index in [0.29, 0.717) is 31.8 Å². The molecule has 3 atom stereocenters. The Hall–Kier alpha value is -2.70. The first-order chi connectivity index (χ1) is 19.7. The SMILES string of the molecule is COc1ccc(S(=O)(=O)N(CC(C)CCC2(C)OCCO2)C[C@@H](O)[C@H](Cc2ccccc2)NC(=O)OC(C)(C)C)cc1. The highest BCUT2D eigenvalue weighted by molar-refractivity contribution is 7.89. The van der Waals surface area contributed by atoms with Crippen molar-refractivity contribution in [3.63, 3.8) is 0 Å². The van der Waals surface area contributed by atoms with Gasteiger partial charge in [-0.2, -0.15) is 4.31 Å². The molecule has 0 radical (unpaired) electrons. The van der Waals surface area contributed by atoms with Gasteiger partial charge < -0.3 is 29.4 Å². The van der Waals surface area contributed by atoms with Gasteiger partial charge in [-0.15, -0.1) is 0 Å². The number of carbonyl (C=O) groups is 1. The lowest BCUT2D eigenvalue weighted by Crippen LogP contribution is -2.52. The van der Waals surface area contributed by atoms with E-state index >= 15 is 0 Å². The predicted molar refractivity (Wildman–Crippen MR) is 160 cm³/mol. The summed E-state index contributed by atoms with van der Waals surface area (Å²) in [4.78, 5) is 12.8. The summed E-state index contributed by atoms with van der Waals surface area (Å²) in [5, 5.41) is 14.3. The fourth-order valence-electron chi connectivity index (χ4n) is 4.76. The van der Waals surface area contributed by atoms with Crippen molar-refractivity contribution in [2.24, 2.45) is 5.92 Å². The number of sulfonamides is 1. The molecule has 2 aromatic rings. The molecule has 0 bridgehead atoms. The van der Waals surface area contributed by atoms with Gasteiger partial charge in [0.2, 0.25) is 10.0 Å². The number of nitrogens with zero attached hydrogens (tertiary/aromatic N) is 1. The quantitative estimate of drug-likeness (QED) is 0.325. The first-order valence-electron chi connectivity index (χ1n) is 14.3. The fraction of sp³-hybridized carbons (Fsp3) is 0.581. The monoisotopic (exact) mass is 606 g/mol. The van der Waals surface area contributed by atoms with Crippen molar-refractivity contribution in [2.45, 2.75) is 82.3 Å². The molecule has 1 heterocycles. The van der Waals surface area contributed by atoms with Crippen LogP contribution in [0.1, 0.15) is 53.0 Å². The summed E-state index contributed by atoms with van der Waals surface area (Å²) in [6.45, 7) is 10.1. The molecule has 0 aliphatic carbocycles. The van der Waals surface area contributed by atoms with Crippen LogP contribution in [0.5, 0.6) is 5.75 Å². The van der Waals surface area contributed by atoms with Crippen LogP contribution < -0.4 is 10.1 Å². The average molecular weight is 607 g/mol. The minimum atomic E-state index is -4.02. The second-order valence-corrected chi connectivity index (χ2v) is 13.9. The molecule has 1 amide bonds. The van der Waals surface area contributed by atoms with Gasteiger partial charge in [-0.25, -0.2) is 13.2 Å². The first kappa shape index (κ1) is 33.8. The maximum atomic E-state index is 13.9. The standard InChI is InChI=1S/C31H46N2O8S/c1-23(16-17-31(5)39-18-19-40-31)21-33(42(36,37)26-14-12-25(38-6)13-15-26)22-28(34)27(20-24-10-8-7-9-11-24)32-29(35)41-30(2,3)4/h7-15,23,27-28,34H,16-22H2,1-6H3,(H,32,35)/t23?,27-,28+/m0/s1. The van der Waals surface area contributed by atoms with E-state index in [9.17, 15) is 18.3 Å². The van der Waals surface area contributed by atoms with Crippen LogP contribution in [0.25, 0.3) is 0 Å². The van der Waals surface area contributed by atoms with Crippen LogP contribution in [0, 0.1) is 5.92 Å². The van der Waals surface area contributed by atoms with E-state index in [2.05, 4.69) is 5.32 Å². The number of benzene rings is 2. The van der Waals surface area contributed by atoms with Gasteiger partial charge in [-0.05, 0) is 76.3 Å². The summed E-state index contributed by atoms with van der Waals surface area (Å²) >= 11 is 0. The van der Waals surface area contributed by atoms with Crippen molar-refractivity contribution in [2.75, 3.05) is 33.4 Å². The Bertz CT molecular complexity index is 1230. The summed E-state index contributed by atoms with van der Waals surface area (Å²) in [5.74, 6) is -0.240. The molecule has 0 aromatic heterocycles. The number of aliphatic hydroxyl groups is 1. The molecule has 1 unspecified atom stereocenters. The van der Waals surface area contributed by atoms with Gasteiger partial charge >= 0.3 is 6.09 Å². The highest BCUT2D eigenvalue weighted by atomic mass is 32.2. The molecule has 0 spiro atoms. The van der Waals surface area contributed by atoms with Crippen molar-refractivity contribution < 1.29 is 37.3 Å². The van der Waals surface area contributed by atoms with E-state index in [1.807, 2.05) is 44.2 Å². The molecule has 1 fully saturated rings. The van der Waals surface area contributed by atoms with Crippen molar-refractivity contribution in [1.82, 2.24) is 9.62 Å². The van der Waals surface area contributed by atoms with Crippen LogP contribution in [-0.2, 0) is 30.7 Å². The second-order valence-electron chi connectivity index (χ2n) is 12.0. The lowest BCUT2D eigenvalue weighted by molar-refractivity contribution is -0.149. The number of rotatable bonds is 14. The molecule has 1 aliphatic rings. The summed E-state index contributed by atoms with van der Waals surface area (Å²) in [6, 6.07) is 14.7. The topological polar surface area (TPSA) is 124 Å². The van der Waals surface area contributed by atoms with E-state index < -0.39 is 39.7 Å². The zero-order valence-corrected chi connectivity index (χ0v) is 26.4. The van der Waals surface area contributed by atoms with Crippen LogP contribution >= 0.6 is 0 Å². The third kappa shape index (κ3) is 10.2. The van der Waals surface area contributed by atoms with Crippen LogP contribution in [0.15, 0.2) is 59.5 Å². The van der Waals surface area contributed by atoms with Crippen molar-refractivity contribution >= 4 is 16.1 Å². The fourth-order valence-corrected chi connectivity index (χ4v) is 6.34. The highest BCUT2D eigenvalue weighted by Gasteiger charge is 2.35. The Labute approximate surface area is 250 Å². The maximum Gasteiger partial charge on any atom is 0.407 e. The smallest absolute Gasteiger partial charge is 0.407 e. The molecule has 1 saturated heterocycles. The Kier molecular flexibility index (Phi) is 11.8. The van der Waals surface area contributed by atoms with E-state index in [1.165, 1.54) is 23.5 Å². The van der Waals surface area contributed by atoms with Gasteiger partial charge in [0.25, 0.3) is 0 Å². The number of ether oxygens (including phenoxy) is 4. The normalized spacial score (nSPS) is 17.4. The summed E-state index contributed by atoms with van der Waals surface area (Å²) in [5.41, 5.74) is 0.134. The van der Waals surface area contributed by atoms with Crippen LogP contribution in [-0.4, -0.2) is 80.9 Å².